The Bertz CT molecular complexity index is 623. The number of aryl methyl sites for hydroxylation is 2. The van der Waals surface area contributed by atoms with Crippen molar-refractivity contribution in [2.75, 3.05) is 39.3 Å². The molecule has 1 fully saturated rings. The summed E-state index contributed by atoms with van der Waals surface area (Å²) in [4.78, 5) is 11.5. The summed E-state index contributed by atoms with van der Waals surface area (Å²) in [5.41, 5.74) is 3.78. The van der Waals surface area contributed by atoms with Gasteiger partial charge < -0.3 is 10.1 Å². The number of hydrogen-bond donors (Lipinski definition) is 1. The van der Waals surface area contributed by atoms with Gasteiger partial charge in [-0.15, -0.1) is 0 Å². The summed E-state index contributed by atoms with van der Waals surface area (Å²) in [6.07, 6.45) is 0. The number of rotatable bonds is 4. The molecule has 0 spiro atoms. The summed E-state index contributed by atoms with van der Waals surface area (Å²) in [6.45, 7) is 10.0. The number of fused-ring (bicyclic) bond motifs is 1. The lowest BCUT2D eigenvalue weighted by Gasteiger charge is -2.26. The number of benzene rings is 1. The van der Waals surface area contributed by atoms with Gasteiger partial charge in [-0.3, -0.25) is 4.90 Å². The van der Waals surface area contributed by atoms with Crippen LogP contribution in [0.1, 0.15) is 11.4 Å². The van der Waals surface area contributed by atoms with Crippen LogP contribution in [0.5, 0.6) is 5.75 Å². The molecule has 2 aromatic rings. The Kier molecular flexibility index (Phi) is 4.31. The van der Waals surface area contributed by atoms with Crippen LogP contribution < -0.4 is 10.1 Å². The van der Waals surface area contributed by atoms with Gasteiger partial charge in [-0.2, -0.15) is 0 Å². The minimum absolute atomic E-state index is 0.712. The number of nitrogens with zero attached hydrogens (tertiary/aromatic N) is 3. The van der Waals surface area contributed by atoms with Gasteiger partial charge in [0.25, 0.3) is 0 Å². The van der Waals surface area contributed by atoms with Crippen LogP contribution in [0.2, 0.25) is 0 Å². The molecule has 1 saturated heterocycles. The predicted molar refractivity (Wildman–Crippen MR) is 83.8 cm³/mol. The molecule has 3 rings (SSSR count). The number of piperazine rings is 1. The third-order valence-corrected chi connectivity index (χ3v) is 3.93. The molecule has 5 nitrogen and oxygen atoms in total. The highest BCUT2D eigenvalue weighted by Gasteiger charge is 2.09. The van der Waals surface area contributed by atoms with E-state index >= 15 is 0 Å². The number of ether oxygens (including phenoxy) is 1. The summed E-state index contributed by atoms with van der Waals surface area (Å²) >= 11 is 0. The van der Waals surface area contributed by atoms with Gasteiger partial charge in [0, 0.05) is 38.8 Å². The van der Waals surface area contributed by atoms with E-state index in [0.29, 0.717) is 6.61 Å². The fourth-order valence-corrected chi connectivity index (χ4v) is 2.53. The van der Waals surface area contributed by atoms with E-state index in [1.54, 1.807) is 0 Å². The smallest absolute Gasteiger partial charge is 0.121 e. The first-order valence-electron chi connectivity index (χ1n) is 7.53. The SMILES string of the molecule is Cc1nc2ccc(OCCN3CCNCC3)cc2nc1C. The Hall–Kier alpha value is -1.72. The minimum atomic E-state index is 0.712. The molecule has 0 radical (unpaired) electrons. The fourth-order valence-electron chi connectivity index (χ4n) is 2.53. The van der Waals surface area contributed by atoms with E-state index in [1.165, 1.54) is 0 Å². The third-order valence-electron chi connectivity index (χ3n) is 3.93. The Morgan fingerprint density at radius 3 is 2.57 bits per heavy atom. The lowest BCUT2D eigenvalue weighted by molar-refractivity contribution is 0.191. The highest BCUT2D eigenvalue weighted by molar-refractivity contribution is 5.76. The molecule has 112 valence electrons. The van der Waals surface area contributed by atoms with Crippen molar-refractivity contribution < 1.29 is 4.74 Å². The van der Waals surface area contributed by atoms with Crippen LogP contribution in [-0.4, -0.2) is 54.2 Å². The molecule has 1 aromatic heterocycles. The van der Waals surface area contributed by atoms with Crippen LogP contribution in [0.25, 0.3) is 11.0 Å². The van der Waals surface area contributed by atoms with E-state index < -0.39 is 0 Å². The molecular weight excluding hydrogens is 264 g/mol. The van der Waals surface area contributed by atoms with Crippen LogP contribution >= 0.6 is 0 Å². The van der Waals surface area contributed by atoms with Gasteiger partial charge in [0.1, 0.15) is 12.4 Å². The summed E-state index contributed by atoms with van der Waals surface area (Å²) < 4.78 is 5.86. The van der Waals surface area contributed by atoms with E-state index in [-0.39, 0.29) is 0 Å². The van der Waals surface area contributed by atoms with Gasteiger partial charge in [-0.05, 0) is 26.0 Å². The molecular formula is C16H22N4O. The van der Waals surface area contributed by atoms with Crippen molar-refractivity contribution in [1.29, 1.82) is 0 Å². The summed E-state index contributed by atoms with van der Waals surface area (Å²) in [5, 5.41) is 3.36. The molecule has 0 amide bonds. The standard InChI is InChI=1S/C16H22N4O/c1-12-13(2)19-16-11-14(3-4-15(16)18-12)21-10-9-20-7-5-17-6-8-20/h3-4,11,17H,5-10H2,1-2H3. The van der Waals surface area contributed by atoms with Gasteiger partial charge in [0.05, 0.1) is 22.4 Å². The van der Waals surface area contributed by atoms with Crippen LogP contribution in [0.15, 0.2) is 18.2 Å². The van der Waals surface area contributed by atoms with Gasteiger partial charge >= 0.3 is 0 Å². The van der Waals surface area contributed by atoms with E-state index in [1.807, 2.05) is 32.0 Å². The quantitative estimate of drug-likeness (QED) is 0.924. The predicted octanol–water partition coefficient (Wildman–Crippen LogP) is 1.53. The molecule has 0 saturated carbocycles. The van der Waals surface area contributed by atoms with Gasteiger partial charge in [0.15, 0.2) is 0 Å². The van der Waals surface area contributed by atoms with Crippen LogP contribution in [0, 0.1) is 13.8 Å². The van der Waals surface area contributed by atoms with E-state index in [0.717, 1.165) is 60.9 Å². The van der Waals surface area contributed by atoms with Crippen LogP contribution in [0.4, 0.5) is 0 Å². The molecule has 0 unspecified atom stereocenters. The van der Waals surface area contributed by atoms with Crippen molar-refractivity contribution in [3.63, 3.8) is 0 Å². The maximum atomic E-state index is 5.86. The van der Waals surface area contributed by atoms with Crippen LogP contribution in [0.3, 0.4) is 0 Å². The van der Waals surface area contributed by atoms with Crippen LogP contribution in [-0.2, 0) is 0 Å². The molecule has 0 aliphatic carbocycles. The van der Waals surface area contributed by atoms with Crippen molar-refractivity contribution in [1.82, 2.24) is 20.2 Å². The summed E-state index contributed by atoms with van der Waals surface area (Å²) in [5.74, 6) is 0.871. The molecule has 0 atom stereocenters. The zero-order valence-electron chi connectivity index (χ0n) is 12.7. The molecule has 1 aliphatic rings. The lowest BCUT2D eigenvalue weighted by atomic mass is 10.2. The maximum Gasteiger partial charge on any atom is 0.121 e. The first-order valence-corrected chi connectivity index (χ1v) is 7.53. The zero-order valence-corrected chi connectivity index (χ0v) is 12.7. The van der Waals surface area contributed by atoms with Gasteiger partial charge in [-0.25, -0.2) is 9.97 Å². The Balaban J connectivity index is 1.62. The molecule has 21 heavy (non-hydrogen) atoms. The fraction of sp³-hybridized carbons (Fsp3) is 0.500. The highest BCUT2D eigenvalue weighted by atomic mass is 16.5. The molecule has 1 N–H and O–H groups in total. The van der Waals surface area contributed by atoms with Crippen molar-refractivity contribution in [3.05, 3.63) is 29.6 Å². The van der Waals surface area contributed by atoms with E-state index in [4.69, 9.17) is 4.74 Å². The molecule has 5 heteroatoms. The Labute approximate surface area is 125 Å². The number of nitrogens with one attached hydrogen (secondary N) is 1. The van der Waals surface area contributed by atoms with E-state index in [9.17, 15) is 0 Å². The van der Waals surface area contributed by atoms with Crippen molar-refractivity contribution in [2.24, 2.45) is 0 Å². The second-order valence-corrected chi connectivity index (χ2v) is 5.49. The first-order chi connectivity index (χ1) is 10.2. The number of hydrogen-bond acceptors (Lipinski definition) is 5. The zero-order chi connectivity index (χ0) is 14.7. The maximum absolute atomic E-state index is 5.86. The lowest BCUT2D eigenvalue weighted by Crippen LogP contribution is -2.44. The number of aromatic nitrogens is 2. The van der Waals surface area contributed by atoms with Gasteiger partial charge in [-0.1, -0.05) is 0 Å². The normalized spacial score (nSPS) is 16.3. The van der Waals surface area contributed by atoms with E-state index in [2.05, 4.69) is 20.2 Å². The minimum Gasteiger partial charge on any atom is -0.492 e. The highest BCUT2D eigenvalue weighted by Crippen LogP contribution is 2.19. The summed E-state index contributed by atoms with van der Waals surface area (Å²) in [6, 6.07) is 5.94. The largest absolute Gasteiger partial charge is 0.492 e. The molecule has 1 aliphatic heterocycles. The second-order valence-electron chi connectivity index (χ2n) is 5.49. The third kappa shape index (κ3) is 3.49. The summed E-state index contributed by atoms with van der Waals surface area (Å²) in [7, 11) is 0. The topological polar surface area (TPSA) is 50.3 Å². The van der Waals surface area contributed by atoms with Crippen molar-refractivity contribution in [2.45, 2.75) is 13.8 Å². The first kappa shape index (κ1) is 14.2. The van der Waals surface area contributed by atoms with Crippen molar-refractivity contribution >= 4 is 11.0 Å². The Morgan fingerprint density at radius 2 is 1.81 bits per heavy atom. The monoisotopic (exact) mass is 286 g/mol. The Morgan fingerprint density at radius 1 is 1.10 bits per heavy atom. The molecule has 2 heterocycles. The molecule has 1 aromatic carbocycles. The second kappa shape index (κ2) is 6.37. The van der Waals surface area contributed by atoms with Crippen molar-refractivity contribution in [3.8, 4) is 5.75 Å². The molecule has 0 bridgehead atoms. The average molecular weight is 286 g/mol. The van der Waals surface area contributed by atoms with Gasteiger partial charge in [0.2, 0.25) is 0 Å². The average Bonchev–Trinajstić information content (AvgIpc) is 2.50.